The maximum Gasteiger partial charge on any atom is 0.408 e. The Hall–Kier alpha value is -3.02. The molecular weight excluding hydrogens is 334 g/mol. The molecule has 0 aliphatic carbocycles. The van der Waals surface area contributed by atoms with E-state index in [1.165, 1.54) is 0 Å². The van der Waals surface area contributed by atoms with Gasteiger partial charge in [-0.2, -0.15) is 0 Å². The molecule has 0 aromatic heterocycles. The van der Waals surface area contributed by atoms with Gasteiger partial charge in [0.15, 0.2) is 6.04 Å². The van der Waals surface area contributed by atoms with Crippen LogP contribution in [0, 0.1) is 0 Å². The normalized spacial score (nSPS) is 12.1. The van der Waals surface area contributed by atoms with Crippen molar-refractivity contribution >= 4 is 12.1 Å². The van der Waals surface area contributed by atoms with Crippen LogP contribution in [-0.2, 0) is 16.1 Å². The van der Waals surface area contributed by atoms with Crippen molar-refractivity contribution in [3.05, 3.63) is 65.7 Å². The highest BCUT2D eigenvalue weighted by atomic mass is 16.6. The number of carboxylic acid groups (broad SMARTS) is 1. The standard InChI is InChI=1S/C20H23NO5/c1-20(2,3)26-19(24)21-17(18(22)23)15-9-11-16(12-10-15)25-13-14-7-5-4-6-8-14/h4-12,17H,13H2,1-3H3,(H,21,24)(H,22,23). The lowest BCUT2D eigenvalue weighted by atomic mass is 10.1. The summed E-state index contributed by atoms with van der Waals surface area (Å²) in [6.07, 6.45) is -0.783. The number of hydrogen-bond acceptors (Lipinski definition) is 4. The third-order valence-corrected chi connectivity index (χ3v) is 3.37. The summed E-state index contributed by atoms with van der Waals surface area (Å²) in [5.41, 5.74) is 0.754. The summed E-state index contributed by atoms with van der Waals surface area (Å²) < 4.78 is 10.8. The van der Waals surface area contributed by atoms with Crippen LogP contribution in [0.2, 0.25) is 0 Å². The molecular formula is C20H23NO5. The smallest absolute Gasteiger partial charge is 0.408 e. The molecule has 26 heavy (non-hydrogen) atoms. The van der Waals surface area contributed by atoms with Crippen molar-refractivity contribution in [3.8, 4) is 5.75 Å². The average Bonchev–Trinajstić information content (AvgIpc) is 2.57. The summed E-state index contributed by atoms with van der Waals surface area (Å²) in [5.74, 6) is -0.562. The number of nitrogens with one attached hydrogen (secondary N) is 1. The van der Waals surface area contributed by atoms with Gasteiger partial charge >= 0.3 is 12.1 Å². The quantitative estimate of drug-likeness (QED) is 0.818. The Morgan fingerprint density at radius 1 is 1.04 bits per heavy atom. The van der Waals surface area contributed by atoms with Crippen LogP contribution in [0.25, 0.3) is 0 Å². The second-order valence-electron chi connectivity index (χ2n) is 6.76. The summed E-state index contributed by atoms with van der Waals surface area (Å²) >= 11 is 0. The fraction of sp³-hybridized carbons (Fsp3) is 0.300. The lowest BCUT2D eigenvalue weighted by Gasteiger charge is -2.22. The third-order valence-electron chi connectivity index (χ3n) is 3.37. The molecule has 0 heterocycles. The van der Waals surface area contributed by atoms with Crippen LogP contribution >= 0.6 is 0 Å². The Morgan fingerprint density at radius 3 is 2.19 bits per heavy atom. The molecule has 0 saturated heterocycles. The van der Waals surface area contributed by atoms with Gasteiger partial charge in [-0.05, 0) is 44.0 Å². The first kappa shape index (κ1) is 19.3. The summed E-state index contributed by atoms with van der Waals surface area (Å²) in [7, 11) is 0. The number of hydrogen-bond donors (Lipinski definition) is 2. The van der Waals surface area contributed by atoms with Gasteiger partial charge in [0.05, 0.1) is 0 Å². The molecule has 0 fully saturated rings. The molecule has 1 unspecified atom stereocenters. The number of rotatable bonds is 6. The van der Waals surface area contributed by atoms with E-state index in [0.29, 0.717) is 17.9 Å². The van der Waals surface area contributed by atoms with Crippen molar-refractivity contribution in [1.29, 1.82) is 0 Å². The van der Waals surface area contributed by atoms with Crippen molar-refractivity contribution in [2.75, 3.05) is 0 Å². The Morgan fingerprint density at radius 2 is 1.65 bits per heavy atom. The molecule has 1 atom stereocenters. The Labute approximate surface area is 152 Å². The Balaban J connectivity index is 2.01. The maximum absolute atomic E-state index is 11.9. The summed E-state index contributed by atoms with van der Waals surface area (Å²) in [5, 5.41) is 11.8. The van der Waals surface area contributed by atoms with Gasteiger partial charge in [-0.15, -0.1) is 0 Å². The van der Waals surface area contributed by atoms with Crippen LogP contribution in [-0.4, -0.2) is 22.8 Å². The van der Waals surface area contributed by atoms with E-state index in [-0.39, 0.29) is 0 Å². The lowest BCUT2D eigenvalue weighted by molar-refractivity contribution is -0.139. The zero-order valence-corrected chi connectivity index (χ0v) is 15.1. The third kappa shape index (κ3) is 6.12. The molecule has 0 bridgehead atoms. The highest BCUT2D eigenvalue weighted by molar-refractivity contribution is 5.81. The molecule has 0 spiro atoms. The van der Waals surface area contributed by atoms with Gasteiger partial charge < -0.3 is 19.9 Å². The number of amides is 1. The van der Waals surface area contributed by atoms with Crippen LogP contribution < -0.4 is 10.1 Å². The highest BCUT2D eigenvalue weighted by Crippen LogP contribution is 2.20. The SMILES string of the molecule is CC(C)(C)OC(=O)NC(C(=O)O)c1ccc(OCc2ccccc2)cc1. The van der Waals surface area contributed by atoms with Gasteiger partial charge in [-0.25, -0.2) is 9.59 Å². The average molecular weight is 357 g/mol. The van der Waals surface area contributed by atoms with E-state index in [0.717, 1.165) is 5.56 Å². The molecule has 0 radical (unpaired) electrons. The molecule has 2 N–H and O–H groups in total. The molecule has 6 nitrogen and oxygen atoms in total. The topological polar surface area (TPSA) is 84.9 Å². The second-order valence-corrected chi connectivity index (χ2v) is 6.76. The van der Waals surface area contributed by atoms with Gasteiger partial charge in [-0.1, -0.05) is 42.5 Å². The first-order valence-electron chi connectivity index (χ1n) is 8.23. The monoisotopic (exact) mass is 357 g/mol. The van der Waals surface area contributed by atoms with Crippen LogP contribution in [0.15, 0.2) is 54.6 Å². The highest BCUT2D eigenvalue weighted by Gasteiger charge is 2.25. The fourth-order valence-electron chi connectivity index (χ4n) is 2.21. The van der Waals surface area contributed by atoms with Crippen molar-refractivity contribution in [3.63, 3.8) is 0 Å². The molecule has 1 amide bonds. The van der Waals surface area contributed by atoms with E-state index in [1.807, 2.05) is 30.3 Å². The number of benzene rings is 2. The van der Waals surface area contributed by atoms with E-state index in [9.17, 15) is 14.7 Å². The zero-order chi connectivity index (χ0) is 19.2. The van der Waals surface area contributed by atoms with Gasteiger partial charge in [0.1, 0.15) is 18.0 Å². The fourth-order valence-corrected chi connectivity index (χ4v) is 2.21. The lowest BCUT2D eigenvalue weighted by Crippen LogP contribution is -2.38. The molecule has 2 aromatic carbocycles. The van der Waals surface area contributed by atoms with Crippen molar-refractivity contribution in [2.24, 2.45) is 0 Å². The molecule has 2 aromatic rings. The molecule has 138 valence electrons. The minimum atomic E-state index is -1.20. The number of ether oxygens (including phenoxy) is 2. The molecule has 6 heteroatoms. The van der Waals surface area contributed by atoms with Gasteiger partial charge in [0, 0.05) is 0 Å². The largest absolute Gasteiger partial charge is 0.489 e. The summed E-state index contributed by atoms with van der Waals surface area (Å²) in [6, 6.07) is 15.1. The number of alkyl carbamates (subject to hydrolysis) is 1. The maximum atomic E-state index is 11.9. The summed E-state index contributed by atoms with van der Waals surface area (Å²) in [4.78, 5) is 23.3. The first-order valence-corrected chi connectivity index (χ1v) is 8.23. The van der Waals surface area contributed by atoms with Crippen molar-refractivity contribution in [1.82, 2.24) is 5.32 Å². The molecule has 0 aliphatic rings. The van der Waals surface area contributed by atoms with E-state index in [1.54, 1.807) is 45.0 Å². The van der Waals surface area contributed by atoms with Crippen LogP contribution in [0.5, 0.6) is 5.75 Å². The van der Waals surface area contributed by atoms with Crippen molar-refractivity contribution < 1.29 is 24.2 Å². The minimum absolute atomic E-state index is 0.415. The number of carboxylic acids is 1. The summed E-state index contributed by atoms with van der Waals surface area (Å²) in [6.45, 7) is 5.54. The second kappa shape index (κ2) is 8.38. The van der Waals surface area contributed by atoms with Gasteiger partial charge in [0.25, 0.3) is 0 Å². The predicted molar refractivity (Wildman–Crippen MR) is 97.0 cm³/mol. The molecule has 2 rings (SSSR count). The Kier molecular flexibility index (Phi) is 6.22. The van der Waals surface area contributed by atoms with Crippen LogP contribution in [0.1, 0.15) is 37.9 Å². The zero-order valence-electron chi connectivity index (χ0n) is 15.1. The number of carbonyl (C=O) groups excluding carboxylic acids is 1. The number of carbonyl (C=O) groups is 2. The molecule has 0 saturated carbocycles. The van der Waals surface area contributed by atoms with Crippen molar-refractivity contribution in [2.45, 2.75) is 39.0 Å². The predicted octanol–water partition coefficient (Wildman–Crippen LogP) is 3.92. The van der Waals surface area contributed by atoms with Crippen LogP contribution in [0.3, 0.4) is 0 Å². The van der Waals surface area contributed by atoms with Gasteiger partial charge in [-0.3, -0.25) is 0 Å². The number of aliphatic carboxylic acids is 1. The first-order chi connectivity index (χ1) is 12.2. The minimum Gasteiger partial charge on any atom is -0.489 e. The van der Waals surface area contributed by atoms with E-state index in [2.05, 4.69) is 5.32 Å². The van der Waals surface area contributed by atoms with Crippen LogP contribution in [0.4, 0.5) is 4.79 Å². The van der Waals surface area contributed by atoms with E-state index in [4.69, 9.17) is 9.47 Å². The van der Waals surface area contributed by atoms with E-state index >= 15 is 0 Å². The molecule has 0 aliphatic heterocycles. The van der Waals surface area contributed by atoms with Gasteiger partial charge in [0.2, 0.25) is 0 Å². The van der Waals surface area contributed by atoms with E-state index < -0.39 is 23.7 Å². The Bertz CT molecular complexity index is 735.